The van der Waals surface area contributed by atoms with E-state index < -0.39 is 29.5 Å². The highest BCUT2D eigenvalue weighted by Gasteiger charge is 2.48. The van der Waals surface area contributed by atoms with Gasteiger partial charge in [0.15, 0.2) is 17.3 Å². The van der Waals surface area contributed by atoms with E-state index in [2.05, 4.69) is 4.98 Å². The van der Waals surface area contributed by atoms with Crippen molar-refractivity contribution in [3.63, 3.8) is 0 Å². The van der Waals surface area contributed by atoms with E-state index in [1.807, 2.05) is 4.57 Å². The van der Waals surface area contributed by atoms with Gasteiger partial charge in [-0.25, -0.2) is 22.9 Å². The number of fused-ring (bicyclic) bond motifs is 5. The van der Waals surface area contributed by atoms with Gasteiger partial charge in [0, 0.05) is 25.1 Å². The Morgan fingerprint density at radius 1 is 1.27 bits per heavy atom. The molecule has 1 amide bonds. The third-order valence-electron chi connectivity index (χ3n) is 5.79. The van der Waals surface area contributed by atoms with Gasteiger partial charge in [0.25, 0.3) is 0 Å². The van der Waals surface area contributed by atoms with Crippen molar-refractivity contribution in [2.24, 2.45) is 5.73 Å². The molecule has 3 atom stereocenters. The fourth-order valence-electron chi connectivity index (χ4n) is 4.54. The number of carbonyl (C=O) groups is 2. The number of nitrogens with two attached hydrogens (primary N) is 1. The van der Waals surface area contributed by atoms with Gasteiger partial charge in [0.1, 0.15) is 11.6 Å². The first-order valence-electron chi connectivity index (χ1n) is 9.56. The van der Waals surface area contributed by atoms with Gasteiger partial charge in [-0.1, -0.05) is 0 Å². The summed E-state index contributed by atoms with van der Waals surface area (Å²) < 4.78 is 47.1. The van der Waals surface area contributed by atoms with Crippen molar-refractivity contribution in [1.82, 2.24) is 14.5 Å². The number of hydrogen-bond acceptors (Lipinski definition) is 5. The molecule has 0 radical (unpaired) electrons. The lowest BCUT2D eigenvalue weighted by Crippen LogP contribution is -2.39. The van der Waals surface area contributed by atoms with Crippen LogP contribution in [-0.4, -0.2) is 46.0 Å². The predicted molar refractivity (Wildman–Crippen MR) is 99.0 cm³/mol. The highest BCUT2D eigenvalue weighted by Crippen LogP contribution is 2.48. The number of esters is 1. The number of likely N-dealkylation sites (tertiary alicyclic amines) is 1. The maximum Gasteiger partial charge on any atom is 0.358 e. The number of amides is 1. The van der Waals surface area contributed by atoms with Gasteiger partial charge < -0.3 is 19.9 Å². The van der Waals surface area contributed by atoms with Crippen LogP contribution in [0.25, 0.3) is 0 Å². The lowest BCUT2D eigenvalue weighted by molar-refractivity contribution is -0.133. The van der Waals surface area contributed by atoms with Crippen LogP contribution in [0.15, 0.2) is 12.1 Å². The molecule has 30 heavy (non-hydrogen) atoms. The molecule has 160 valence electrons. The molecule has 2 aromatic rings. The minimum atomic E-state index is -1.28. The Morgan fingerprint density at radius 2 is 1.97 bits per heavy atom. The van der Waals surface area contributed by atoms with E-state index in [-0.39, 0.29) is 42.1 Å². The fourth-order valence-corrected chi connectivity index (χ4v) is 4.54. The number of ether oxygens (including phenoxy) is 1. The van der Waals surface area contributed by atoms with E-state index in [1.165, 1.54) is 7.11 Å². The highest BCUT2D eigenvalue weighted by atomic mass is 19.2. The Bertz CT molecular complexity index is 1040. The van der Waals surface area contributed by atoms with Gasteiger partial charge in [-0.05, 0) is 31.4 Å². The number of benzene rings is 1. The number of halogens is 3. The number of aryl methyl sites for hydroxylation is 1. The first-order chi connectivity index (χ1) is 14.2. The summed E-state index contributed by atoms with van der Waals surface area (Å²) in [5.74, 6) is -3.46. The molecule has 0 unspecified atom stereocenters. The second kappa shape index (κ2) is 7.42. The van der Waals surface area contributed by atoms with Gasteiger partial charge in [-0.3, -0.25) is 4.79 Å². The van der Waals surface area contributed by atoms with Crippen molar-refractivity contribution in [1.29, 1.82) is 0 Å². The smallest absolute Gasteiger partial charge is 0.358 e. The molecule has 0 aliphatic carbocycles. The molecule has 2 bridgehead atoms. The van der Waals surface area contributed by atoms with E-state index in [4.69, 9.17) is 10.5 Å². The molecule has 4 rings (SSSR count). The van der Waals surface area contributed by atoms with Gasteiger partial charge in [-0.15, -0.1) is 0 Å². The Balaban J connectivity index is 1.48. The number of hydrogen-bond donors (Lipinski definition) is 1. The topological polar surface area (TPSA) is 90.5 Å². The van der Waals surface area contributed by atoms with Crippen LogP contribution in [-0.2, 0) is 16.0 Å². The van der Waals surface area contributed by atoms with Crippen LogP contribution in [0.4, 0.5) is 13.2 Å². The standard InChI is InChI=1S/C20H21F3N4O3/c1-9-25-18(20(29)30-2)19-16-6-12(27(9)19)8-26(16)17(28)5-11(24)3-10-4-14(22)15(23)7-13(10)21/h4,7,11-12,16H,3,5-6,8,24H2,1-2H3/t11-,12-,16-/m1/s1. The number of imidazole rings is 1. The van der Waals surface area contributed by atoms with E-state index >= 15 is 0 Å². The Morgan fingerprint density at radius 3 is 2.67 bits per heavy atom. The average molecular weight is 422 g/mol. The molecule has 2 aliphatic rings. The molecule has 1 aromatic carbocycles. The molecular weight excluding hydrogens is 401 g/mol. The van der Waals surface area contributed by atoms with Gasteiger partial charge >= 0.3 is 5.97 Å². The lowest BCUT2D eigenvalue weighted by atomic mass is 10.0. The summed E-state index contributed by atoms with van der Waals surface area (Å²) >= 11 is 0. The lowest BCUT2D eigenvalue weighted by Gasteiger charge is -2.30. The molecule has 3 heterocycles. The monoisotopic (exact) mass is 422 g/mol. The zero-order chi connectivity index (χ0) is 21.7. The first-order valence-corrected chi connectivity index (χ1v) is 9.56. The van der Waals surface area contributed by atoms with Crippen LogP contribution in [0.5, 0.6) is 0 Å². The minimum absolute atomic E-state index is 0.0136. The summed E-state index contributed by atoms with van der Waals surface area (Å²) in [5, 5.41) is 0. The Hall–Kier alpha value is -2.88. The van der Waals surface area contributed by atoms with Gasteiger partial charge in [0.05, 0.1) is 24.9 Å². The maximum atomic E-state index is 13.9. The van der Waals surface area contributed by atoms with Gasteiger partial charge in [0.2, 0.25) is 5.91 Å². The van der Waals surface area contributed by atoms with Gasteiger partial charge in [-0.2, -0.15) is 0 Å². The van der Waals surface area contributed by atoms with Crippen molar-refractivity contribution in [2.75, 3.05) is 13.7 Å². The predicted octanol–water partition coefficient (Wildman–Crippen LogP) is 2.18. The summed E-state index contributed by atoms with van der Waals surface area (Å²) in [7, 11) is 1.27. The summed E-state index contributed by atoms with van der Waals surface area (Å²) in [6.07, 6.45) is 0.463. The van der Waals surface area contributed by atoms with Crippen molar-refractivity contribution >= 4 is 11.9 Å². The average Bonchev–Trinajstić information content (AvgIpc) is 3.37. The molecule has 0 spiro atoms. The van der Waals surface area contributed by atoms with Crippen molar-refractivity contribution in [2.45, 2.75) is 44.3 Å². The van der Waals surface area contributed by atoms with Crippen molar-refractivity contribution in [3.05, 3.63) is 52.4 Å². The molecule has 2 aliphatic heterocycles. The van der Waals surface area contributed by atoms with E-state index in [1.54, 1.807) is 11.8 Å². The van der Waals surface area contributed by atoms with Crippen LogP contribution in [0, 0.1) is 24.4 Å². The third kappa shape index (κ3) is 3.24. The highest BCUT2D eigenvalue weighted by molar-refractivity contribution is 5.89. The minimum Gasteiger partial charge on any atom is -0.464 e. The third-order valence-corrected chi connectivity index (χ3v) is 5.79. The summed E-state index contributed by atoms with van der Waals surface area (Å²) in [5.41, 5.74) is 6.78. The molecule has 1 fully saturated rings. The summed E-state index contributed by atoms with van der Waals surface area (Å²) in [6, 6.07) is 0.153. The largest absolute Gasteiger partial charge is 0.464 e. The summed E-state index contributed by atoms with van der Waals surface area (Å²) in [4.78, 5) is 30.9. The van der Waals surface area contributed by atoms with Crippen LogP contribution >= 0.6 is 0 Å². The first kappa shape index (κ1) is 20.4. The zero-order valence-electron chi connectivity index (χ0n) is 16.5. The molecule has 0 saturated carbocycles. The van der Waals surface area contributed by atoms with E-state index in [0.29, 0.717) is 30.6 Å². The SMILES string of the molecule is COC(=O)c1nc(C)n2c1[C@H]1C[C@@H]2CN1C(=O)C[C@H](N)Cc1cc(F)c(F)cc1F. The van der Waals surface area contributed by atoms with Crippen LogP contribution in [0.1, 0.15) is 52.5 Å². The molecule has 1 aromatic heterocycles. The molecule has 1 saturated heterocycles. The number of rotatable bonds is 5. The van der Waals surface area contributed by atoms with E-state index in [0.717, 1.165) is 6.07 Å². The molecular formula is C20H21F3N4O3. The fraction of sp³-hybridized carbons (Fsp3) is 0.450. The molecule has 10 heteroatoms. The summed E-state index contributed by atoms with van der Waals surface area (Å²) in [6.45, 7) is 2.26. The number of aromatic nitrogens is 2. The van der Waals surface area contributed by atoms with Crippen molar-refractivity contribution in [3.8, 4) is 0 Å². The maximum absolute atomic E-state index is 13.9. The zero-order valence-corrected chi connectivity index (χ0v) is 16.5. The Kier molecular flexibility index (Phi) is 5.05. The second-order valence-electron chi connectivity index (χ2n) is 7.73. The second-order valence-corrected chi connectivity index (χ2v) is 7.73. The number of methoxy groups -OCH3 is 1. The number of carbonyl (C=O) groups excluding carboxylic acids is 2. The number of nitrogens with zero attached hydrogens (tertiary/aromatic N) is 3. The Labute approximate surface area is 170 Å². The normalized spacial score (nSPS) is 20.4. The van der Waals surface area contributed by atoms with Crippen LogP contribution in [0.2, 0.25) is 0 Å². The molecule has 2 N–H and O–H groups in total. The molecule has 7 nitrogen and oxygen atoms in total. The quantitative estimate of drug-likeness (QED) is 0.589. The van der Waals surface area contributed by atoms with Crippen LogP contribution < -0.4 is 5.73 Å². The van der Waals surface area contributed by atoms with Crippen molar-refractivity contribution < 1.29 is 27.5 Å². The van der Waals surface area contributed by atoms with Crippen LogP contribution in [0.3, 0.4) is 0 Å². The van der Waals surface area contributed by atoms with E-state index in [9.17, 15) is 22.8 Å².